The fourth-order valence-electron chi connectivity index (χ4n) is 3.93. The third-order valence-corrected chi connectivity index (χ3v) is 5.58. The van der Waals surface area contributed by atoms with Crippen LogP contribution in [0.5, 0.6) is 0 Å². The molecule has 2 aromatic carbocycles. The number of likely N-dealkylation sites (tertiary alicyclic amines) is 1. The van der Waals surface area contributed by atoms with Crippen molar-refractivity contribution in [1.82, 2.24) is 15.0 Å². The number of nitrogens with one attached hydrogen (secondary N) is 1. The lowest BCUT2D eigenvalue weighted by Gasteiger charge is -2.31. The Morgan fingerprint density at radius 3 is 2.72 bits per heavy atom. The zero-order valence-corrected chi connectivity index (χ0v) is 17.5. The molecule has 1 atom stereocenters. The number of amides is 1. The number of nitrogens with zero attached hydrogens (tertiary/aromatic N) is 3. The Kier molecular flexibility index (Phi) is 6.27. The number of halogens is 3. The zero-order chi connectivity index (χ0) is 22.7. The second kappa shape index (κ2) is 9.12. The summed E-state index contributed by atoms with van der Waals surface area (Å²) >= 11 is 0. The number of benzene rings is 2. The van der Waals surface area contributed by atoms with Gasteiger partial charge in [-0.3, -0.25) is 9.69 Å². The van der Waals surface area contributed by atoms with Crippen molar-refractivity contribution in [2.24, 2.45) is 5.92 Å². The van der Waals surface area contributed by atoms with Gasteiger partial charge in [-0.15, -0.1) is 0 Å². The average Bonchev–Trinajstić information content (AvgIpc) is 3.22. The van der Waals surface area contributed by atoms with Gasteiger partial charge in [0.25, 0.3) is 0 Å². The lowest BCUT2D eigenvalue weighted by molar-refractivity contribution is -0.137. The Morgan fingerprint density at radius 2 is 1.94 bits per heavy atom. The fourth-order valence-corrected chi connectivity index (χ4v) is 3.93. The Balaban J connectivity index is 1.40. The maximum Gasteiger partial charge on any atom is 0.418 e. The molecule has 1 N–H and O–H groups in total. The van der Waals surface area contributed by atoms with E-state index >= 15 is 0 Å². The van der Waals surface area contributed by atoms with E-state index in [-0.39, 0.29) is 5.69 Å². The molecule has 6 nitrogen and oxygen atoms in total. The van der Waals surface area contributed by atoms with Gasteiger partial charge >= 0.3 is 6.18 Å². The van der Waals surface area contributed by atoms with Crippen molar-refractivity contribution < 1.29 is 22.5 Å². The van der Waals surface area contributed by atoms with Crippen LogP contribution in [0.3, 0.4) is 0 Å². The fraction of sp³-hybridized carbons (Fsp3) is 0.348. The van der Waals surface area contributed by atoms with Crippen LogP contribution in [0.4, 0.5) is 18.9 Å². The summed E-state index contributed by atoms with van der Waals surface area (Å²) in [5.41, 5.74) is 0.855. The summed E-state index contributed by atoms with van der Waals surface area (Å²) in [6, 6.07) is 12.7. The first-order valence-electron chi connectivity index (χ1n) is 10.4. The molecular weight excluding hydrogens is 421 g/mol. The monoisotopic (exact) mass is 444 g/mol. The average molecular weight is 444 g/mol. The van der Waals surface area contributed by atoms with Crippen molar-refractivity contribution in [1.29, 1.82) is 0 Å². The maximum absolute atomic E-state index is 13.2. The summed E-state index contributed by atoms with van der Waals surface area (Å²) in [7, 11) is 0. The number of carbonyl (C=O) groups excluding carboxylic acids is 1. The second-order valence-electron chi connectivity index (χ2n) is 7.93. The quantitative estimate of drug-likeness (QED) is 0.605. The van der Waals surface area contributed by atoms with Crippen molar-refractivity contribution in [3.63, 3.8) is 0 Å². The van der Waals surface area contributed by atoms with Crippen LogP contribution >= 0.6 is 0 Å². The number of hydrogen-bond acceptors (Lipinski definition) is 5. The Bertz CT molecular complexity index is 1100. The zero-order valence-electron chi connectivity index (χ0n) is 17.5. The van der Waals surface area contributed by atoms with Gasteiger partial charge in [-0.05, 0) is 44.0 Å². The molecule has 0 bridgehead atoms. The molecule has 0 aliphatic carbocycles. The van der Waals surface area contributed by atoms with E-state index in [9.17, 15) is 18.0 Å². The highest BCUT2D eigenvalue weighted by molar-refractivity contribution is 5.93. The smallest absolute Gasteiger partial charge is 0.338 e. The molecule has 1 saturated heterocycles. The van der Waals surface area contributed by atoms with Gasteiger partial charge in [-0.2, -0.15) is 18.2 Å². The van der Waals surface area contributed by atoms with E-state index < -0.39 is 23.6 Å². The van der Waals surface area contributed by atoms with Crippen LogP contribution in [0, 0.1) is 12.8 Å². The Morgan fingerprint density at radius 1 is 1.19 bits per heavy atom. The molecular formula is C23H23F3N4O2. The van der Waals surface area contributed by atoms with Gasteiger partial charge in [0.1, 0.15) is 0 Å². The summed E-state index contributed by atoms with van der Waals surface area (Å²) in [6.45, 7) is 3.49. The van der Waals surface area contributed by atoms with Crippen LogP contribution in [0.25, 0.3) is 11.4 Å². The van der Waals surface area contributed by atoms with Gasteiger partial charge in [0.2, 0.25) is 17.6 Å². The minimum absolute atomic E-state index is 0.220. The van der Waals surface area contributed by atoms with E-state index in [1.807, 2.05) is 36.1 Å². The van der Waals surface area contributed by atoms with Gasteiger partial charge in [0, 0.05) is 12.1 Å². The SMILES string of the molecule is Cc1ccccc1-c1noc(CN2CCCC(C(=O)Nc3ccccc3C(F)(F)F)C2)n1. The lowest BCUT2D eigenvalue weighted by Crippen LogP contribution is -2.40. The molecule has 168 valence electrons. The van der Waals surface area contributed by atoms with Crippen LogP contribution in [-0.2, 0) is 17.5 Å². The number of anilines is 1. The van der Waals surface area contributed by atoms with Gasteiger partial charge in [-0.25, -0.2) is 0 Å². The first-order chi connectivity index (χ1) is 15.3. The molecule has 1 aliphatic heterocycles. The van der Waals surface area contributed by atoms with Crippen molar-refractivity contribution in [2.45, 2.75) is 32.5 Å². The molecule has 4 rings (SSSR count). The first kappa shape index (κ1) is 22.0. The normalized spacial score (nSPS) is 17.3. The molecule has 3 aromatic rings. The van der Waals surface area contributed by atoms with E-state index in [2.05, 4.69) is 15.5 Å². The van der Waals surface area contributed by atoms with Crippen molar-refractivity contribution >= 4 is 11.6 Å². The van der Waals surface area contributed by atoms with Crippen LogP contribution in [0.2, 0.25) is 0 Å². The number of rotatable bonds is 5. The van der Waals surface area contributed by atoms with E-state index in [4.69, 9.17) is 4.52 Å². The summed E-state index contributed by atoms with van der Waals surface area (Å²) in [4.78, 5) is 19.2. The predicted octanol–water partition coefficient (Wildman–Crippen LogP) is 4.91. The van der Waals surface area contributed by atoms with Crippen LogP contribution in [0.15, 0.2) is 53.1 Å². The molecule has 1 unspecified atom stereocenters. The number of aromatic nitrogens is 2. The summed E-state index contributed by atoms with van der Waals surface area (Å²) in [5, 5.41) is 6.52. The molecule has 1 aliphatic rings. The lowest BCUT2D eigenvalue weighted by atomic mass is 9.97. The van der Waals surface area contributed by atoms with Gasteiger partial charge in [0.15, 0.2) is 0 Å². The van der Waals surface area contributed by atoms with Crippen molar-refractivity contribution in [3.05, 3.63) is 65.5 Å². The van der Waals surface area contributed by atoms with Crippen LogP contribution < -0.4 is 5.32 Å². The van der Waals surface area contributed by atoms with Crippen molar-refractivity contribution in [3.8, 4) is 11.4 Å². The van der Waals surface area contributed by atoms with E-state index in [1.165, 1.54) is 18.2 Å². The molecule has 32 heavy (non-hydrogen) atoms. The molecule has 1 fully saturated rings. The maximum atomic E-state index is 13.2. The third-order valence-electron chi connectivity index (χ3n) is 5.58. The highest BCUT2D eigenvalue weighted by Gasteiger charge is 2.34. The van der Waals surface area contributed by atoms with E-state index in [0.29, 0.717) is 31.2 Å². The van der Waals surface area contributed by atoms with Crippen LogP contribution in [-0.4, -0.2) is 34.0 Å². The molecule has 0 spiro atoms. The van der Waals surface area contributed by atoms with Crippen LogP contribution in [0.1, 0.15) is 29.9 Å². The van der Waals surface area contributed by atoms with E-state index in [0.717, 1.165) is 30.2 Å². The van der Waals surface area contributed by atoms with Gasteiger partial charge in [-0.1, -0.05) is 41.6 Å². The molecule has 1 aromatic heterocycles. The third kappa shape index (κ3) is 4.99. The highest BCUT2D eigenvalue weighted by atomic mass is 19.4. The Labute approximate surface area is 183 Å². The summed E-state index contributed by atoms with van der Waals surface area (Å²) in [6.07, 6.45) is -3.18. The number of alkyl halides is 3. The standard InChI is InChI=1S/C23H23F3N4O2/c1-15-7-2-3-9-17(15)21-28-20(32-29-21)14-30-12-6-8-16(13-30)22(31)27-19-11-5-4-10-18(19)23(24,25)26/h2-5,7,9-11,16H,6,8,12-14H2,1H3,(H,27,31). The molecule has 1 amide bonds. The first-order valence-corrected chi connectivity index (χ1v) is 10.4. The minimum Gasteiger partial charge on any atom is -0.338 e. The molecule has 2 heterocycles. The summed E-state index contributed by atoms with van der Waals surface area (Å²) in [5.74, 6) is 0.0983. The molecule has 9 heteroatoms. The van der Waals surface area contributed by atoms with Gasteiger partial charge < -0.3 is 9.84 Å². The number of aryl methyl sites for hydroxylation is 1. The largest absolute Gasteiger partial charge is 0.418 e. The number of piperidine rings is 1. The number of para-hydroxylation sites is 1. The highest BCUT2D eigenvalue weighted by Crippen LogP contribution is 2.35. The topological polar surface area (TPSA) is 71.3 Å². The Hall–Kier alpha value is -3.20. The van der Waals surface area contributed by atoms with Gasteiger partial charge in [0.05, 0.1) is 23.7 Å². The minimum atomic E-state index is -4.53. The molecule has 0 radical (unpaired) electrons. The summed E-state index contributed by atoms with van der Waals surface area (Å²) < 4.78 is 45.0. The second-order valence-corrected chi connectivity index (χ2v) is 7.93. The van der Waals surface area contributed by atoms with Crippen molar-refractivity contribution in [2.75, 3.05) is 18.4 Å². The van der Waals surface area contributed by atoms with E-state index in [1.54, 1.807) is 0 Å². The number of carbonyl (C=O) groups is 1. The predicted molar refractivity (Wildman–Crippen MR) is 113 cm³/mol. The number of hydrogen-bond donors (Lipinski definition) is 1. The molecule has 0 saturated carbocycles.